The van der Waals surface area contributed by atoms with Crippen molar-refractivity contribution in [3.63, 3.8) is 0 Å². The van der Waals surface area contributed by atoms with E-state index in [9.17, 15) is 4.79 Å². The Labute approximate surface area is 82.6 Å². The summed E-state index contributed by atoms with van der Waals surface area (Å²) in [4.78, 5) is 10.8. The molecule has 0 saturated heterocycles. The predicted octanol–water partition coefficient (Wildman–Crippen LogP) is 1.37. The Balaban J connectivity index is 2.68. The molecular formula is C11H12O3. The maximum Gasteiger partial charge on any atom is 0.330 e. The Kier molecular flexibility index (Phi) is 3.88. The van der Waals surface area contributed by atoms with Crippen LogP contribution >= 0.6 is 0 Å². The van der Waals surface area contributed by atoms with E-state index in [-0.39, 0.29) is 12.6 Å². The first-order chi connectivity index (χ1) is 6.76. The molecule has 0 heterocycles. The number of benzene rings is 1. The van der Waals surface area contributed by atoms with Gasteiger partial charge in [-0.1, -0.05) is 24.3 Å². The van der Waals surface area contributed by atoms with E-state index in [2.05, 4.69) is 4.74 Å². The molecule has 0 saturated carbocycles. The summed E-state index contributed by atoms with van der Waals surface area (Å²) in [6.45, 7) is 0.0288. The first kappa shape index (κ1) is 10.5. The quantitative estimate of drug-likeness (QED) is 0.581. The first-order valence-corrected chi connectivity index (χ1v) is 4.22. The number of esters is 1. The SMILES string of the molecule is COC(=O)C=Cc1ccc(CO)cc1. The van der Waals surface area contributed by atoms with Gasteiger partial charge in [-0.3, -0.25) is 0 Å². The lowest BCUT2D eigenvalue weighted by atomic mass is 10.1. The fraction of sp³-hybridized carbons (Fsp3) is 0.182. The Bertz CT molecular complexity index is 325. The van der Waals surface area contributed by atoms with Crippen molar-refractivity contribution >= 4 is 12.0 Å². The van der Waals surface area contributed by atoms with E-state index in [0.29, 0.717) is 0 Å². The van der Waals surface area contributed by atoms with Gasteiger partial charge in [-0.25, -0.2) is 4.79 Å². The molecule has 0 aliphatic heterocycles. The van der Waals surface area contributed by atoms with Gasteiger partial charge in [0.1, 0.15) is 0 Å². The smallest absolute Gasteiger partial charge is 0.330 e. The van der Waals surface area contributed by atoms with Crippen molar-refractivity contribution in [3.05, 3.63) is 41.5 Å². The molecule has 0 aliphatic rings. The lowest BCUT2D eigenvalue weighted by Crippen LogP contribution is -1.93. The molecule has 0 aromatic heterocycles. The molecule has 14 heavy (non-hydrogen) atoms. The maximum absolute atomic E-state index is 10.8. The topological polar surface area (TPSA) is 46.5 Å². The minimum absolute atomic E-state index is 0.0288. The van der Waals surface area contributed by atoms with Gasteiger partial charge in [-0.2, -0.15) is 0 Å². The minimum atomic E-state index is -0.378. The van der Waals surface area contributed by atoms with Crippen molar-refractivity contribution < 1.29 is 14.6 Å². The van der Waals surface area contributed by atoms with Gasteiger partial charge >= 0.3 is 5.97 Å². The average Bonchev–Trinajstić information content (AvgIpc) is 2.26. The van der Waals surface area contributed by atoms with Crippen LogP contribution in [0.1, 0.15) is 11.1 Å². The van der Waals surface area contributed by atoms with Crippen molar-refractivity contribution in [1.29, 1.82) is 0 Å². The van der Waals surface area contributed by atoms with Crippen LogP contribution < -0.4 is 0 Å². The third-order valence-electron chi connectivity index (χ3n) is 1.78. The van der Waals surface area contributed by atoms with Crippen LogP contribution in [0, 0.1) is 0 Å². The van der Waals surface area contributed by atoms with E-state index < -0.39 is 0 Å². The Morgan fingerprint density at radius 1 is 1.43 bits per heavy atom. The van der Waals surface area contributed by atoms with Crippen molar-refractivity contribution in [3.8, 4) is 0 Å². The summed E-state index contributed by atoms with van der Waals surface area (Å²) in [5.74, 6) is -0.378. The molecule has 3 heteroatoms. The van der Waals surface area contributed by atoms with Gasteiger partial charge in [0.05, 0.1) is 13.7 Å². The van der Waals surface area contributed by atoms with Gasteiger partial charge in [0.25, 0.3) is 0 Å². The van der Waals surface area contributed by atoms with Crippen molar-refractivity contribution in [2.45, 2.75) is 6.61 Å². The largest absolute Gasteiger partial charge is 0.466 e. The number of aliphatic hydroxyl groups is 1. The summed E-state index contributed by atoms with van der Waals surface area (Å²) in [7, 11) is 1.33. The molecule has 3 nitrogen and oxygen atoms in total. The zero-order valence-electron chi connectivity index (χ0n) is 7.93. The van der Waals surface area contributed by atoms with Crippen molar-refractivity contribution in [2.24, 2.45) is 0 Å². The summed E-state index contributed by atoms with van der Waals surface area (Å²) < 4.78 is 4.45. The molecule has 0 unspecified atom stereocenters. The van der Waals surface area contributed by atoms with Crippen LogP contribution in [0.25, 0.3) is 6.08 Å². The maximum atomic E-state index is 10.8. The second kappa shape index (κ2) is 5.19. The van der Waals surface area contributed by atoms with Crippen LogP contribution in [0.4, 0.5) is 0 Å². The van der Waals surface area contributed by atoms with Gasteiger partial charge in [-0.15, -0.1) is 0 Å². The van der Waals surface area contributed by atoms with Gasteiger partial charge < -0.3 is 9.84 Å². The van der Waals surface area contributed by atoms with E-state index >= 15 is 0 Å². The average molecular weight is 192 g/mol. The molecule has 1 N–H and O–H groups in total. The molecule has 1 aromatic carbocycles. The second-order valence-electron chi connectivity index (χ2n) is 2.76. The second-order valence-corrected chi connectivity index (χ2v) is 2.76. The molecule has 0 atom stereocenters. The number of aliphatic hydroxyl groups excluding tert-OH is 1. The molecule has 0 spiro atoms. The fourth-order valence-electron chi connectivity index (χ4n) is 0.966. The minimum Gasteiger partial charge on any atom is -0.466 e. The fourth-order valence-corrected chi connectivity index (χ4v) is 0.966. The third kappa shape index (κ3) is 3.03. The normalized spacial score (nSPS) is 10.4. The molecule has 1 rings (SSSR count). The Hall–Kier alpha value is -1.61. The highest BCUT2D eigenvalue weighted by atomic mass is 16.5. The third-order valence-corrected chi connectivity index (χ3v) is 1.78. The highest BCUT2D eigenvalue weighted by molar-refractivity contribution is 5.86. The Morgan fingerprint density at radius 2 is 2.07 bits per heavy atom. The van der Waals surface area contributed by atoms with E-state index in [1.54, 1.807) is 18.2 Å². The first-order valence-electron chi connectivity index (χ1n) is 4.22. The number of carbonyl (C=O) groups is 1. The molecular weight excluding hydrogens is 180 g/mol. The van der Waals surface area contributed by atoms with Crippen molar-refractivity contribution in [2.75, 3.05) is 7.11 Å². The van der Waals surface area contributed by atoms with Gasteiger partial charge in [-0.05, 0) is 17.2 Å². The van der Waals surface area contributed by atoms with E-state index in [1.165, 1.54) is 13.2 Å². The number of carbonyl (C=O) groups excluding carboxylic acids is 1. The van der Waals surface area contributed by atoms with Gasteiger partial charge in [0.15, 0.2) is 0 Å². The van der Waals surface area contributed by atoms with Crippen LogP contribution in [0.15, 0.2) is 30.3 Å². The molecule has 0 aliphatic carbocycles. The van der Waals surface area contributed by atoms with Crippen LogP contribution in [-0.4, -0.2) is 18.2 Å². The summed E-state index contributed by atoms with van der Waals surface area (Å²) >= 11 is 0. The highest BCUT2D eigenvalue weighted by Gasteiger charge is 1.92. The van der Waals surface area contributed by atoms with E-state index in [0.717, 1.165) is 11.1 Å². The van der Waals surface area contributed by atoms with E-state index in [4.69, 9.17) is 5.11 Å². The molecule has 0 radical (unpaired) electrons. The van der Waals surface area contributed by atoms with Gasteiger partial charge in [0.2, 0.25) is 0 Å². The molecule has 0 bridgehead atoms. The summed E-state index contributed by atoms with van der Waals surface area (Å²) in [6.07, 6.45) is 3.01. The lowest BCUT2D eigenvalue weighted by Gasteiger charge is -1.96. The van der Waals surface area contributed by atoms with Crippen LogP contribution in [0.5, 0.6) is 0 Å². The van der Waals surface area contributed by atoms with Crippen LogP contribution in [0.3, 0.4) is 0 Å². The number of rotatable bonds is 3. The predicted molar refractivity (Wildman–Crippen MR) is 53.4 cm³/mol. The monoisotopic (exact) mass is 192 g/mol. The number of methoxy groups -OCH3 is 1. The standard InChI is InChI=1S/C11H12O3/c1-14-11(13)7-6-9-2-4-10(8-12)5-3-9/h2-7,12H,8H2,1H3. The van der Waals surface area contributed by atoms with Crippen LogP contribution in [0.2, 0.25) is 0 Å². The molecule has 1 aromatic rings. The lowest BCUT2D eigenvalue weighted by molar-refractivity contribution is -0.134. The Morgan fingerprint density at radius 3 is 2.57 bits per heavy atom. The highest BCUT2D eigenvalue weighted by Crippen LogP contribution is 2.05. The summed E-state index contributed by atoms with van der Waals surface area (Å²) in [6, 6.07) is 7.25. The molecule has 74 valence electrons. The number of hydrogen-bond donors (Lipinski definition) is 1. The zero-order chi connectivity index (χ0) is 10.4. The number of ether oxygens (including phenoxy) is 1. The number of hydrogen-bond acceptors (Lipinski definition) is 3. The molecule has 0 amide bonds. The zero-order valence-corrected chi connectivity index (χ0v) is 7.93. The van der Waals surface area contributed by atoms with Crippen molar-refractivity contribution in [1.82, 2.24) is 0 Å². The van der Waals surface area contributed by atoms with Crippen LogP contribution in [-0.2, 0) is 16.1 Å². The summed E-state index contributed by atoms with van der Waals surface area (Å²) in [5.41, 5.74) is 1.74. The molecule has 0 fully saturated rings. The van der Waals surface area contributed by atoms with Gasteiger partial charge in [0, 0.05) is 6.08 Å². The summed E-state index contributed by atoms with van der Waals surface area (Å²) in [5, 5.41) is 8.79. The van der Waals surface area contributed by atoms with E-state index in [1.807, 2.05) is 12.1 Å².